The van der Waals surface area contributed by atoms with E-state index in [-0.39, 0.29) is 53.1 Å². The van der Waals surface area contributed by atoms with Crippen molar-refractivity contribution < 1.29 is 36.3 Å². The summed E-state index contributed by atoms with van der Waals surface area (Å²) in [4.78, 5) is 23.7. The number of hydrogen-bond acceptors (Lipinski definition) is 7. The highest BCUT2D eigenvalue weighted by molar-refractivity contribution is 7.92. The van der Waals surface area contributed by atoms with Crippen LogP contribution in [0.4, 0.5) is 14.5 Å². The number of nitrogens with zero attached hydrogens (tertiary/aromatic N) is 3. The Hall–Kier alpha value is -3.02. The summed E-state index contributed by atoms with van der Waals surface area (Å²) in [6, 6.07) is 4.70. The number of aromatic nitrogens is 2. The second-order valence-corrected chi connectivity index (χ2v) is 11.8. The number of halogens is 2. The summed E-state index contributed by atoms with van der Waals surface area (Å²) < 4.78 is 66.7. The van der Waals surface area contributed by atoms with Crippen LogP contribution in [-0.2, 0) is 30.8 Å². The van der Waals surface area contributed by atoms with E-state index in [4.69, 9.17) is 9.47 Å². The Morgan fingerprint density at radius 1 is 1.28 bits per heavy atom. The highest BCUT2D eigenvalue weighted by Crippen LogP contribution is 2.40. The molecular weight excluding hydrogens is 496 g/mol. The van der Waals surface area contributed by atoms with Crippen molar-refractivity contribution in [3.8, 4) is 5.75 Å². The van der Waals surface area contributed by atoms with Crippen molar-refractivity contribution in [2.75, 3.05) is 10.8 Å². The summed E-state index contributed by atoms with van der Waals surface area (Å²) in [5.74, 6) is -0.652. The van der Waals surface area contributed by atoms with Gasteiger partial charge in [0.15, 0.2) is 0 Å². The molecule has 12 heteroatoms. The van der Waals surface area contributed by atoms with Crippen molar-refractivity contribution in [1.82, 2.24) is 9.78 Å². The third-order valence-electron chi connectivity index (χ3n) is 5.57. The van der Waals surface area contributed by atoms with Gasteiger partial charge >= 0.3 is 12.5 Å². The summed E-state index contributed by atoms with van der Waals surface area (Å²) in [6.07, 6.45) is 0.194. The van der Waals surface area contributed by atoms with Crippen molar-refractivity contribution in [3.63, 3.8) is 0 Å². The number of alkyl halides is 2. The lowest BCUT2D eigenvalue weighted by molar-refractivity contribution is -0.153. The average Bonchev–Trinajstić information content (AvgIpc) is 3.14. The number of rotatable bonds is 8. The number of Topliss-reactive ketones (excluding diaryl/α,β-unsaturated/α-hetero) is 1. The molecule has 0 spiro atoms. The summed E-state index contributed by atoms with van der Waals surface area (Å²) in [7, 11) is -4.35. The highest BCUT2D eigenvalue weighted by atomic mass is 32.2. The van der Waals surface area contributed by atoms with Crippen LogP contribution in [0.3, 0.4) is 0 Å². The minimum atomic E-state index is -4.35. The predicted octanol–water partition coefficient (Wildman–Crippen LogP) is 4.04. The third-order valence-corrected chi connectivity index (χ3v) is 7.45. The maximum atomic E-state index is 13.7. The molecule has 198 valence electrons. The standard InChI is InChI=1S/C24H31F2N3O6S/c1-14(9-15(2)30)20-12-29(36(32,33)21-13-28(23(25)26)27-16(21)3)18-10-17(7-8-19(18)34-20)11-22(31)35-24(4,5)6/h7-8,10,13-14,20,23H,9,11-12H2,1-6H3/t14-,20+/m0/s1. The van der Waals surface area contributed by atoms with Gasteiger partial charge in [0.05, 0.1) is 30.5 Å². The number of anilines is 1. The minimum Gasteiger partial charge on any atom is -0.486 e. The topological polar surface area (TPSA) is 108 Å². The Bertz CT molecular complexity index is 1250. The average molecular weight is 528 g/mol. The molecule has 9 nitrogen and oxygen atoms in total. The monoisotopic (exact) mass is 527 g/mol. The molecular formula is C24H31F2N3O6S. The van der Waals surface area contributed by atoms with E-state index >= 15 is 0 Å². The van der Waals surface area contributed by atoms with Gasteiger partial charge in [-0.15, -0.1) is 0 Å². The number of hydrogen-bond donors (Lipinski definition) is 0. The minimum absolute atomic E-state index is 0.0759. The van der Waals surface area contributed by atoms with Gasteiger partial charge in [-0.3, -0.25) is 9.10 Å². The van der Waals surface area contributed by atoms with Gasteiger partial charge in [-0.2, -0.15) is 13.9 Å². The number of sulfonamides is 1. The number of ether oxygens (including phenoxy) is 2. The zero-order valence-corrected chi connectivity index (χ0v) is 21.9. The van der Waals surface area contributed by atoms with Crippen LogP contribution >= 0.6 is 0 Å². The third kappa shape index (κ3) is 6.21. The van der Waals surface area contributed by atoms with E-state index in [0.717, 1.165) is 10.5 Å². The molecule has 0 N–H and O–H groups in total. The zero-order valence-electron chi connectivity index (χ0n) is 21.1. The van der Waals surface area contributed by atoms with Crippen LogP contribution in [0.25, 0.3) is 0 Å². The molecule has 1 aromatic heterocycles. The van der Waals surface area contributed by atoms with E-state index in [1.165, 1.54) is 19.9 Å². The Morgan fingerprint density at radius 3 is 2.50 bits per heavy atom. The molecule has 0 fully saturated rings. The largest absolute Gasteiger partial charge is 0.486 e. The first-order valence-corrected chi connectivity index (χ1v) is 12.9. The van der Waals surface area contributed by atoms with Crippen molar-refractivity contribution >= 4 is 27.5 Å². The number of aryl methyl sites for hydroxylation is 1. The van der Waals surface area contributed by atoms with Gasteiger partial charge in [0.2, 0.25) is 0 Å². The number of ketones is 1. The van der Waals surface area contributed by atoms with Crippen molar-refractivity contribution in [2.45, 2.75) is 77.5 Å². The summed E-state index contributed by atoms with van der Waals surface area (Å²) in [5, 5.41) is 3.64. The van der Waals surface area contributed by atoms with Gasteiger partial charge in [0.1, 0.15) is 28.1 Å². The van der Waals surface area contributed by atoms with Crippen LogP contribution in [0.5, 0.6) is 5.75 Å². The van der Waals surface area contributed by atoms with E-state index in [2.05, 4.69) is 5.10 Å². The molecule has 0 saturated heterocycles. The molecule has 0 saturated carbocycles. The van der Waals surface area contributed by atoms with Gasteiger partial charge in [0.25, 0.3) is 10.0 Å². The second kappa shape index (κ2) is 10.2. The molecule has 2 aromatic rings. The van der Waals surface area contributed by atoms with Crippen LogP contribution in [-0.4, -0.2) is 48.2 Å². The summed E-state index contributed by atoms with van der Waals surface area (Å²) in [6.45, 7) is 6.61. The van der Waals surface area contributed by atoms with Gasteiger partial charge in [-0.05, 0) is 52.3 Å². The first kappa shape index (κ1) is 27.6. The van der Waals surface area contributed by atoms with Crippen LogP contribution in [0, 0.1) is 12.8 Å². The van der Waals surface area contributed by atoms with Crippen LogP contribution in [0.1, 0.15) is 58.8 Å². The molecule has 36 heavy (non-hydrogen) atoms. The molecule has 0 unspecified atom stereocenters. The lowest BCUT2D eigenvalue weighted by Gasteiger charge is -2.38. The van der Waals surface area contributed by atoms with E-state index in [0.29, 0.717) is 10.2 Å². The molecule has 1 aromatic carbocycles. The van der Waals surface area contributed by atoms with E-state index in [1.807, 2.05) is 0 Å². The van der Waals surface area contributed by atoms with E-state index in [1.54, 1.807) is 39.8 Å². The Labute approximate surface area is 209 Å². The van der Waals surface area contributed by atoms with E-state index < -0.39 is 34.2 Å². The van der Waals surface area contributed by atoms with Gasteiger partial charge in [0, 0.05) is 12.3 Å². The number of fused-ring (bicyclic) bond motifs is 1. The van der Waals surface area contributed by atoms with Gasteiger partial charge in [-0.1, -0.05) is 13.0 Å². The van der Waals surface area contributed by atoms with Crippen molar-refractivity contribution in [3.05, 3.63) is 35.7 Å². The number of benzene rings is 1. The predicted molar refractivity (Wildman–Crippen MR) is 128 cm³/mol. The van der Waals surface area contributed by atoms with Crippen molar-refractivity contribution in [1.29, 1.82) is 0 Å². The first-order valence-electron chi connectivity index (χ1n) is 11.5. The first-order chi connectivity index (χ1) is 16.6. The lowest BCUT2D eigenvalue weighted by atomic mass is 9.97. The Balaban J connectivity index is 2.05. The quantitative estimate of drug-likeness (QED) is 0.477. The zero-order chi connectivity index (χ0) is 27.0. The molecule has 3 rings (SSSR count). The molecule has 1 aliphatic rings. The van der Waals surface area contributed by atoms with Gasteiger partial charge < -0.3 is 14.3 Å². The fourth-order valence-corrected chi connectivity index (χ4v) is 5.66. The smallest absolute Gasteiger partial charge is 0.333 e. The number of esters is 1. The fraction of sp³-hybridized carbons (Fsp3) is 0.542. The molecule has 1 aliphatic heterocycles. The molecule has 0 aliphatic carbocycles. The lowest BCUT2D eigenvalue weighted by Crippen LogP contribution is -2.46. The number of carbonyl (C=O) groups excluding carboxylic acids is 2. The van der Waals surface area contributed by atoms with Crippen molar-refractivity contribution in [2.24, 2.45) is 5.92 Å². The van der Waals surface area contributed by atoms with E-state index in [9.17, 15) is 26.8 Å². The maximum absolute atomic E-state index is 13.7. The SMILES string of the molecule is CC(=O)C[C@H](C)[C@H]1CN(S(=O)(=O)c2cn(C(F)F)nc2C)c2cc(CC(=O)OC(C)(C)C)ccc2O1. The van der Waals surface area contributed by atoms with Crippen LogP contribution < -0.4 is 9.04 Å². The summed E-state index contributed by atoms with van der Waals surface area (Å²) in [5.41, 5.74) is -0.123. The molecule has 0 radical (unpaired) electrons. The molecule has 2 heterocycles. The normalized spacial score (nSPS) is 16.9. The maximum Gasteiger partial charge on any atom is 0.333 e. The molecule has 2 atom stereocenters. The van der Waals surface area contributed by atoms with Crippen LogP contribution in [0.2, 0.25) is 0 Å². The van der Waals surface area contributed by atoms with Gasteiger partial charge in [-0.25, -0.2) is 13.1 Å². The second-order valence-electron chi connectivity index (χ2n) is 9.98. The number of carbonyl (C=O) groups is 2. The Kier molecular flexibility index (Phi) is 7.77. The Morgan fingerprint density at radius 2 is 1.94 bits per heavy atom. The van der Waals surface area contributed by atoms with Crippen LogP contribution in [0.15, 0.2) is 29.3 Å². The summed E-state index contributed by atoms with van der Waals surface area (Å²) >= 11 is 0. The fourth-order valence-electron chi connectivity index (χ4n) is 4.02. The highest BCUT2D eigenvalue weighted by Gasteiger charge is 2.39. The molecule has 0 bridgehead atoms. The molecule has 0 amide bonds.